The number of benzene rings is 2. The molecule has 7 heteroatoms. The van der Waals surface area contributed by atoms with Crippen LogP contribution in [-0.2, 0) is 12.8 Å². The monoisotopic (exact) mass is 532 g/mol. The van der Waals surface area contributed by atoms with Crippen LogP contribution in [-0.4, -0.2) is 21.3 Å². The summed E-state index contributed by atoms with van der Waals surface area (Å²) in [5, 5.41) is 4.28. The standard InChI is InChI=1S/C23H22ClIN4O/c1-23(2)12-15-11-16(24)8-9-17(15)20(29-23)27-19(10-14-6-4-3-5-7-14)21-26-13-18(25)22(30)28-21/h3-9,11,13,19H,10,12H2,1-2H3,(H,27,29)(H,26,28,30)/t19-/m0/s1. The number of fused-ring (bicyclic) bond motifs is 1. The highest BCUT2D eigenvalue weighted by molar-refractivity contribution is 14.1. The van der Waals surface area contributed by atoms with Crippen LogP contribution in [0.2, 0.25) is 5.02 Å². The molecular weight excluding hydrogens is 511 g/mol. The normalized spacial score (nSPS) is 17.3. The molecule has 1 atom stereocenters. The molecule has 1 aromatic heterocycles. The summed E-state index contributed by atoms with van der Waals surface area (Å²) in [5.41, 5.74) is 3.00. The first-order valence-electron chi connectivity index (χ1n) is 9.74. The first-order valence-corrected chi connectivity index (χ1v) is 11.2. The van der Waals surface area contributed by atoms with E-state index in [-0.39, 0.29) is 17.1 Å². The zero-order valence-corrected chi connectivity index (χ0v) is 19.7. The molecule has 0 fully saturated rings. The Bertz CT molecular complexity index is 1160. The zero-order chi connectivity index (χ0) is 21.3. The van der Waals surface area contributed by atoms with Gasteiger partial charge in [-0.1, -0.05) is 41.9 Å². The number of aliphatic imine (C=N–C) groups is 1. The van der Waals surface area contributed by atoms with Crippen LogP contribution in [0.1, 0.15) is 42.4 Å². The van der Waals surface area contributed by atoms with Crippen LogP contribution in [0.3, 0.4) is 0 Å². The highest BCUT2D eigenvalue weighted by Gasteiger charge is 2.29. The molecule has 2 N–H and O–H groups in total. The third kappa shape index (κ3) is 4.75. The molecule has 2 heterocycles. The van der Waals surface area contributed by atoms with Gasteiger partial charge in [-0.25, -0.2) is 4.98 Å². The van der Waals surface area contributed by atoms with Gasteiger partial charge < -0.3 is 10.3 Å². The molecule has 0 aliphatic carbocycles. The molecule has 0 saturated carbocycles. The Hall–Kier alpha value is -2.19. The SMILES string of the molecule is CC1(C)Cc2cc(Cl)ccc2C(=N[C@@H](Cc2ccccc2)c2ncc(I)c(=O)[nH]2)N1. The second-order valence-electron chi connectivity index (χ2n) is 8.12. The molecule has 30 heavy (non-hydrogen) atoms. The average Bonchev–Trinajstić information content (AvgIpc) is 2.69. The number of rotatable bonds is 4. The minimum Gasteiger partial charge on any atom is -0.365 e. The molecule has 4 rings (SSSR count). The van der Waals surface area contributed by atoms with E-state index in [0.29, 0.717) is 15.8 Å². The summed E-state index contributed by atoms with van der Waals surface area (Å²) in [6, 6.07) is 15.7. The van der Waals surface area contributed by atoms with Crippen molar-refractivity contribution in [3.8, 4) is 0 Å². The van der Waals surface area contributed by atoms with Crippen LogP contribution >= 0.6 is 34.2 Å². The Morgan fingerprint density at radius 1 is 1.23 bits per heavy atom. The maximum atomic E-state index is 12.2. The summed E-state index contributed by atoms with van der Waals surface area (Å²) in [4.78, 5) is 24.7. The number of amidine groups is 1. The molecule has 2 aromatic carbocycles. The summed E-state index contributed by atoms with van der Waals surface area (Å²) in [6.07, 6.45) is 3.07. The van der Waals surface area contributed by atoms with Crippen LogP contribution in [0.5, 0.6) is 0 Å². The Morgan fingerprint density at radius 2 is 2.00 bits per heavy atom. The molecule has 154 valence electrons. The van der Waals surface area contributed by atoms with E-state index in [0.717, 1.165) is 34.0 Å². The van der Waals surface area contributed by atoms with Crippen LogP contribution in [0, 0.1) is 3.57 Å². The summed E-state index contributed by atoms with van der Waals surface area (Å²) < 4.78 is 0.555. The molecular formula is C23H22ClIN4O. The summed E-state index contributed by atoms with van der Waals surface area (Å²) in [7, 11) is 0. The van der Waals surface area contributed by atoms with Crippen molar-refractivity contribution in [2.24, 2.45) is 4.99 Å². The number of H-pyrrole nitrogens is 1. The van der Waals surface area contributed by atoms with Crippen molar-refractivity contribution in [3.05, 3.63) is 96.2 Å². The molecule has 0 amide bonds. The maximum absolute atomic E-state index is 12.2. The summed E-state index contributed by atoms with van der Waals surface area (Å²) >= 11 is 8.23. The lowest BCUT2D eigenvalue weighted by Gasteiger charge is -2.35. The van der Waals surface area contributed by atoms with Gasteiger partial charge in [0.2, 0.25) is 0 Å². The molecule has 0 bridgehead atoms. The fraction of sp³-hybridized carbons (Fsp3) is 0.261. The fourth-order valence-electron chi connectivity index (χ4n) is 3.71. The number of nitrogens with one attached hydrogen (secondary N) is 2. The summed E-state index contributed by atoms with van der Waals surface area (Å²) in [5.74, 6) is 1.34. The van der Waals surface area contributed by atoms with E-state index in [2.05, 4.69) is 41.3 Å². The van der Waals surface area contributed by atoms with Gasteiger partial charge in [-0.05, 0) is 72.2 Å². The molecule has 0 radical (unpaired) electrons. The van der Waals surface area contributed by atoms with Crippen molar-refractivity contribution < 1.29 is 0 Å². The highest BCUT2D eigenvalue weighted by Crippen LogP contribution is 2.28. The molecule has 1 aliphatic rings. The van der Waals surface area contributed by atoms with Gasteiger partial charge in [-0.2, -0.15) is 0 Å². The van der Waals surface area contributed by atoms with Gasteiger partial charge in [-0.3, -0.25) is 9.79 Å². The van der Waals surface area contributed by atoms with Crippen LogP contribution in [0.4, 0.5) is 0 Å². The van der Waals surface area contributed by atoms with Crippen molar-refractivity contribution >= 4 is 40.0 Å². The minimum atomic E-state index is -0.336. The highest BCUT2D eigenvalue weighted by atomic mass is 127. The largest absolute Gasteiger partial charge is 0.365 e. The lowest BCUT2D eigenvalue weighted by atomic mass is 9.87. The maximum Gasteiger partial charge on any atom is 0.264 e. The molecule has 0 spiro atoms. The van der Waals surface area contributed by atoms with Gasteiger partial charge in [-0.15, -0.1) is 0 Å². The number of halogens is 2. The van der Waals surface area contributed by atoms with Crippen molar-refractivity contribution in [2.75, 3.05) is 0 Å². The predicted molar refractivity (Wildman–Crippen MR) is 129 cm³/mol. The van der Waals surface area contributed by atoms with Crippen molar-refractivity contribution in [1.82, 2.24) is 15.3 Å². The fourth-order valence-corrected chi connectivity index (χ4v) is 4.18. The van der Waals surface area contributed by atoms with Gasteiger partial charge in [0.15, 0.2) is 0 Å². The van der Waals surface area contributed by atoms with Gasteiger partial charge in [0.25, 0.3) is 5.56 Å². The van der Waals surface area contributed by atoms with Gasteiger partial charge >= 0.3 is 0 Å². The van der Waals surface area contributed by atoms with Crippen molar-refractivity contribution in [1.29, 1.82) is 0 Å². The number of hydrogen-bond acceptors (Lipinski definition) is 3. The van der Waals surface area contributed by atoms with E-state index in [1.54, 1.807) is 6.20 Å². The quantitative estimate of drug-likeness (QED) is 0.479. The Labute approximate surface area is 194 Å². The van der Waals surface area contributed by atoms with E-state index < -0.39 is 0 Å². The van der Waals surface area contributed by atoms with E-state index in [4.69, 9.17) is 16.6 Å². The molecule has 0 saturated heterocycles. The van der Waals surface area contributed by atoms with Crippen LogP contribution in [0.25, 0.3) is 0 Å². The first-order chi connectivity index (χ1) is 14.3. The third-order valence-corrected chi connectivity index (χ3v) is 6.06. The average molecular weight is 533 g/mol. The van der Waals surface area contributed by atoms with Gasteiger partial charge in [0.05, 0.1) is 3.57 Å². The number of aromatic amines is 1. The Morgan fingerprint density at radius 3 is 2.73 bits per heavy atom. The molecule has 1 aliphatic heterocycles. The Balaban J connectivity index is 1.81. The van der Waals surface area contributed by atoms with E-state index in [9.17, 15) is 4.79 Å². The minimum absolute atomic E-state index is 0.150. The van der Waals surface area contributed by atoms with Crippen LogP contribution < -0.4 is 10.9 Å². The van der Waals surface area contributed by atoms with Gasteiger partial charge in [0, 0.05) is 28.7 Å². The Kier molecular flexibility index (Phi) is 5.97. The second kappa shape index (κ2) is 8.51. The lowest BCUT2D eigenvalue weighted by molar-refractivity contribution is 0.445. The number of nitrogens with zero attached hydrogens (tertiary/aromatic N) is 2. The van der Waals surface area contributed by atoms with Gasteiger partial charge in [0.1, 0.15) is 17.7 Å². The van der Waals surface area contributed by atoms with E-state index in [1.807, 2.05) is 59.0 Å². The number of aromatic nitrogens is 2. The zero-order valence-electron chi connectivity index (χ0n) is 16.7. The van der Waals surface area contributed by atoms with E-state index in [1.165, 1.54) is 0 Å². The molecule has 3 aromatic rings. The molecule has 5 nitrogen and oxygen atoms in total. The van der Waals surface area contributed by atoms with E-state index >= 15 is 0 Å². The third-order valence-electron chi connectivity index (χ3n) is 5.06. The van der Waals surface area contributed by atoms with Crippen LogP contribution in [0.15, 0.2) is 64.5 Å². The number of hydrogen-bond donors (Lipinski definition) is 2. The molecule has 0 unspecified atom stereocenters. The smallest absolute Gasteiger partial charge is 0.264 e. The topological polar surface area (TPSA) is 70.1 Å². The first kappa shape index (κ1) is 21.1. The van der Waals surface area contributed by atoms with Crippen molar-refractivity contribution in [2.45, 2.75) is 38.3 Å². The predicted octanol–water partition coefficient (Wildman–Crippen LogP) is 4.68. The lowest BCUT2D eigenvalue weighted by Crippen LogP contribution is -2.49. The summed E-state index contributed by atoms with van der Waals surface area (Å²) in [6.45, 7) is 4.28. The second-order valence-corrected chi connectivity index (χ2v) is 9.71. The van der Waals surface area contributed by atoms with Crippen molar-refractivity contribution in [3.63, 3.8) is 0 Å².